The fourth-order valence-corrected chi connectivity index (χ4v) is 1.66. The second-order valence-electron chi connectivity index (χ2n) is 3.75. The molecule has 0 aliphatic heterocycles. The van der Waals surface area contributed by atoms with Gasteiger partial charge in [0.25, 0.3) is 0 Å². The first-order valence-electron chi connectivity index (χ1n) is 5.10. The summed E-state index contributed by atoms with van der Waals surface area (Å²) in [6.45, 7) is 0. The minimum Gasteiger partial charge on any atom is -0.207 e. The summed E-state index contributed by atoms with van der Waals surface area (Å²) in [6.07, 6.45) is 0. The Morgan fingerprint density at radius 1 is 0.750 bits per heavy atom. The Hall–Kier alpha value is -2.49. The van der Waals surface area contributed by atoms with Crippen molar-refractivity contribution in [2.75, 3.05) is 0 Å². The summed E-state index contributed by atoms with van der Waals surface area (Å²) in [7, 11) is 0. The van der Waals surface area contributed by atoms with Crippen molar-refractivity contribution in [3.63, 3.8) is 0 Å². The molecule has 0 aromatic heterocycles. The second kappa shape index (κ2) is 4.89. The Labute approximate surface area is 108 Å². The number of nitriles is 1. The molecule has 0 saturated heterocycles. The largest absolute Gasteiger partial charge is 0.207 e. The predicted octanol–water partition coefficient (Wildman–Crippen LogP) is 4.06. The third kappa shape index (κ3) is 1.99. The van der Waals surface area contributed by atoms with E-state index >= 15 is 0 Å². The lowest BCUT2D eigenvalue weighted by Crippen LogP contribution is -2.05. The number of rotatable bonds is 1. The highest BCUT2D eigenvalue weighted by Crippen LogP contribution is 2.33. The van der Waals surface area contributed by atoms with E-state index in [0.717, 1.165) is 12.1 Å². The molecule has 0 N–H and O–H groups in total. The summed E-state index contributed by atoms with van der Waals surface area (Å²) in [5.74, 6) is -11.9. The van der Waals surface area contributed by atoms with Crippen LogP contribution in [-0.2, 0) is 0 Å². The van der Waals surface area contributed by atoms with E-state index < -0.39 is 51.6 Å². The molecule has 0 bridgehead atoms. The first-order valence-corrected chi connectivity index (χ1v) is 5.10. The average molecular weight is 287 g/mol. The van der Waals surface area contributed by atoms with E-state index in [1.165, 1.54) is 6.07 Å². The standard InChI is InChI=1S/C13H3F6N/c14-6-2-1-5(4-20)7(3-6)8-9(15)11(17)13(19)12(18)10(8)16/h1-3H. The maximum Gasteiger partial charge on any atom is 0.200 e. The third-order valence-corrected chi connectivity index (χ3v) is 2.58. The molecule has 0 fully saturated rings. The summed E-state index contributed by atoms with van der Waals surface area (Å²) >= 11 is 0. The Morgan fingerprint density at radius 3 is 1.75 bits per heavy atom. The fraction of sp³-hybridized carbons (Fsp3) is 0. The van der Waals surface area contributed by atoms with Gasteiger partial charge in [-0.25, -0.2) is 26.3 Å². The van der Waals surface area contributed by atoms with Crippen LogP contribution < -0.4 is 0 Å². The van der Waals surface area contributed by atoms with Gasteiger partial charge in [0, 0.05) is 5.56 Å². The molecule has 1 nitrogen and oxygen atoms in total. The number of halogens is 6. The van der Waals surface area contributed by atoms with Crippen molar-refractivity contribution in [3.8, 4) is 17.2 Å². The monoisotopic (exact) mass is 287 g/mol. The van der Waals surface area contributed by atoms with Crippen LogP contribution in [0, 0.1) is 46.2 Å². The molecular weight excluding hydrogens is 284 g/mol. The highest BCUT2D eigenvalue weighted by Gasteiger charge is 2.28. The quantitative estimate of drug-likeness (QED) is 0.441. The highest BCUT2D eigenvalue weighted by atomic mass is 19.2. The summed E-state index contributed by atoms with van der Waals surface area (Å²) in [5, 5.41) is 8.77. The molecule has 0 heterocycles. The maximum absolute atomic E-state index is 13.6. The van der Waals surface area contributed by atoms with E-state index in [0.29, 0.717) is 6.07 Å². The van der Waals surface area contributed by atoms with Crippen molar-refractivity contribution in [1.29, 1.82) is 5.26 Å². The van der Waals surface area contributed by atoms with Gasteiger partial charge in [0.05, 0.1) is 17.2 Å². The zero-order chi connectivity index (χ0) is 15.0. The molecule has 102 valence electrons. The number of nitrogens with zero attached hydrogens (tertiary/aromatic N) is 1. The lowest BCUT2D eigenvalue weighted by molar-refractivity contribution is 0.381. The van der Waals surface area contributed by atoms with Crippen LogP contribution in [0.2, 0.25) is 0 Å². The Bertz CT molecular complexity index is 718. The van der Waals surface area contributed by atoms with Gasteiger partial charge in [-0.2, -0.15) is 5.26 Å². The van der Waals surface area contributed by atoms with E-state index in [1.807, 2.05) is 0 Å². The predicted molar refractivity (Wildman–Crippen MR) is 56.3 cm³/mol. The molecule has 2 aromatic rings. The van der Waals surface area contributed by atoms with Crippen molar-refractivity contribution in [2.45, 2.75) is 0 Å². The minimum absolute atomic E-state index is 0.422. The minimum atomic E-state index is -2.32. The molecule has 0 unspecified atom stereocenters. The van der Waals surface area contributed by atoms with E-state index in [9.17, 15) is 26.3 Å². The Kier molecular flexibility index (Phi) is 3.40. The van der Waals surface area contributed by atoms with Crippen molar-refractivity contribution < 1.29 is 26.3 Å². The molecule has 7 heteroatoms. The van der Waals surface area contributed by atoms with Gasteiger partial charge >= 0.3 is 0 Å². The van der Waals surface area contributed by atoms with Crippen LogP contribution in [0.25, 0.3) is 11.1 Å². The number of benzene rings is 2. The molecule has 0 amide bonds. The highest BCUT2D eigenvalue weighted by molar-refractivity contribution is 5.71. The smallest absolute Gasteiger partial charge is 0.200 e. The lowest BCUT2D eigenvalue weighted by Gasteiger charge is -2.09. The second-order valence-corrected chi connectivity index (χ2v) is 3.75. The average Bonchev–Trinajstić information content (AvgIpc) is 2.43. The number of hydrogen-bond acceptors (Lipinski definition) is 1. The molecule has 0 aliphatic rings. The van der Waals surface area contributed by atoms with Gasteiger partial charge in [-0.1, -0.05) is 0 Å². The first-order chi connectivity index (χ1) is 9.38. The van der Waals surface area contributed by atoms with Crippen LogP contribution in [0.3, 0.4) is 0 Å². The summed E-state index contributed by atoms with van der Waals surface area (Å²) in [5.41, 5.74) is -2.47. The Balaban J connectivity index is 2.91. The van der Waals surface area contributed by atoms with Gasteiger partial charge in [-0.05, 0) is 18.2 Å². The zero-order valence-electron chi connectivity index (χ0n) is 9.45. The van der Waals surface area contributed by atoms with Crippen LogP contribution in [0.15, 0.2) is 18.2 Å². The van der Waals surface area contributed by atoms with Crippen molar-refractivity contribution >= 4 is 0 Å². The molecule has 20 heavy (non-hydrogen) atoms. The maximum atomic E-state index is 13.6. The fourth-order valence-electron chi connectivity index (χ4n) is 1.66. The van der Waals surface area contributed by atoms with Crippen LogP contribution >= 0.6 is 0 Å². The molecule has 0 atom stereocenters. The molecule has 0 aliphatic carbocycles. The van der Waals surface area contributed by atoms with Crippen LogP contribution in [0.5, 0.6) is 0 Å². The molecule has 2 aromatic carbocycles. The van der Waals surface area contributed by atoms with Crippen molar-refractivity contribution in [2.24, 2.45) is 0 Å². The van der Waals surface area contributed by atoms with E-state index in [4.69, 9.17) is 5.26 Å². The Morgan fingerprint density at radius 2 is 1.25 bits per heavy atom. The van der Waals surface area contributed by atoms with Gasteiger partial charge < -0.3 is 0 Å². The summed E-state index contributed by atoms with van der Waals surface area (Å²) in [6, 6.07) is 3.72. The van der Waals surface area contributed by atoms with Crippen LogP contribution in [0.1, 0.15) is 5.56 Å². The van der Waals surface area contributed by atoms with E-state index in [1.54, 1.807) is 0 Å². The first kappa shape index (κ1) is 13.9. The van der Waals surface area contributed by atoms with Crippen molar-refractivity contribution in [3.05, 3.63) is 58.7 Å². The van der Waals surface area contributed by atoms with Gasteiger partial charge in [-0.15, -0.1) is 0 Å². The molecular formula is C13H3F6N. The summed E-state index contributed by atoms with van der Waals surface area (Å²) in [4.78, 5) is 0. The topological polar surface area (TPSA) is 23.8 Å². The molecule has 0 radical (unpaired) electrons. The van der Waals surface area contributed by atoms with Crippen LogP contribution in [-0.4, -0.2) is 0 Å². The van der Waals surface area contributed by atoms with Crippen LogP contribution in [0.4, 0.5) is 26.3 Å². The molecule has 0 spiro atoms. The SMILES string of the molecule is N#Cc1ccc(F)cc1-c1c(F)c(F)c(F)c(F)c1F. The third-order valence-electron chi connectivity index (χ3n) is 2.58. The number of hydrogen-bond donors (Lipinski definition) is 0. The van der Waals surface area contributed by atoms with Gasteiger partial charge in [0.1, 0.15) is 5.82 Å². The van der Waals surface area contributed by atoms with E-state index in [2.05, 4.69) is 0 Å². The summed E-state index contributed by atoms with van der Waals surface area (Å²) < 4.78 is 79.3. The van der Waals surface area contributed by atoms with Crippen molar-refractivity contribution in [1.82, 2.24) is 0 Å². The normalized spacial score (nSPS) is 10.4. The molecule has 0 saturated carbocycles. The zero-order valence-corrected chi connectivity index (χ0v) is 9.45. The van der Waals surface area contributed by atoms with Gasteiger partial charge in [0.15, 0.2) is 23.3 Å². The molecule has 2 rings (SSSR count). The van der Waals surface area contributed by atoms with E-state index in [-0.39, 0.29) is 0 Å². The lowest BCUT2D eigenvalue weighted by atomic mass is 9.98. The van der Waals surface area contributed by atoms with Gasteiger partial charge in [0.2, 0.25) is 5.82 Å². The van der Waals surface area contributed by atoms with Gasteiger partial charge in [-0.3, -0.25) is 0 Å².